The maximum atomic E-state index is 12.1. The zero-order chi connectivity index (χ0) is 19.8. The van der Waals surface area contributed by atoms with Gasteiger partial charge in [0.05, 0.1) is 10.5 Å². The number of anilines is 2. The average Bonchev–Trinajstić information content (AvgIpc) is 2.66. The number of carbonyl (C=O) groups excluding carboxylic acids is 2. The van der Waals surface area contributed by atoms with Gasteiger partial charge in [-0.05, 0) is 37.6 Å². The van der Waals surface area contributed by atoms with Gasteiger partial charge in [-0.1, -0.05) is 25.1 Å². The molecule has 0 bridgehead atoms. The van der Waals surface area contributed by atoms with E-state index in [9.17, 15) is 19.7 Å². The molecule has 0 aliphatic carbocycles. The summed E-state index contributed by atoms with van der Waals surface area (Å²) in [6, 6.07) is 12.9. The molecule has 1 atom stereocenters. The summed E-state index contributed by atoms with van der Waals surface area (Å²) < 4.78 is 4.93. The lowest BCUT2D eigenvalue weighted by molar-refractivity contribution is -0.383. The normalized spacial score (nSPS) is 11.3. The number of carbonyl (C=O) groups is 2. The third kappa shape index (κ3) is 5.81. The topological polar surface area (TPSA) is 111 Å². The first kappa shape index (κ1) is 19.9. The maximum absolute atomic E-state index is 12.1. The lowest BCUT2D eigenvalue weighted by Gasteiger charge is -2.12. The summed E-state index contributed by atoms with van der Waals surface area (Å²) in [5.41, 5.74) is 0.656. The first-order valence-corrected chi connectivity index (χ1v) is 8.47. The summed E-state index contributed by atoms with van der Waals surface area (Å²) in [6.45, 7) is 3.31. The molecule has 0 fully saturated rings. The Morgan fingerprint density at radius 3 is 2.52 bits per heavy atom. The van der Waals surface area contributed by atoms with Crippen molar-refractivity contribution in [1.82, 2.24) is 5.32 Å². The van der Waals surface area contributed by atoms with Crippen molar-refractivity contribution in [3.05, 3.63) is 64.2 Å². The molecule has 0 saturated heterocycles. The number of benzene rings is 2. The van der Waals surface area contributed by atoms with Crippen LogP contribution in [0.4, 0.5) is 17.1 Å². The van der Waals surface area contributed by atoms with E-state index in [4.69, 9.17) is 4.74 Å². The summed E-state index contributed by atoms with van der Waals surface area (Å²) >= 11 is 0. The van der Waals surface area contributed by atoms with Crippen molar-refractivity contribution in [3.63, 3.8) is 0 Å². The SMILES string of the molecule is CCC(C)NC(=O)COC(=O)c1ccc(Nc2ccccc2)c([N+](=O)[O-])c1. The van der Waals surface area contributed by atoms with E-state index in [2.05, 4.69) is 10.6 Å². The smallest absolute Gasteiger partial charge is 0.338 e. The third-order valence-corrected chi connectivity index (χ3v) is 3.84. The van der Waals surface area contributed by atoms with E-state index in [0.717, 1.165) is 12.5 Å². The minimum absolute atomic E-state index is 0.00310. The minimum atomic E-state index is -0.802. The van der Waals surface area contributed by atoms with E-state index in [1.165, 1.54) is 12.1 Å². The Hall–Kier alpha value is -3.42. The fraction of sp³-hybridized carbons (Fsp3) is 0.263. The van der Waals surface area contributed by atoms with Gasteiger partial charge in [0.1, 0.15) is 5.69 Å². The second-order valence-corrected chi connectivity index (χ2v) is 5.93. The Morgan fingerprint density at radius 1 is 1.19 bits per heavy atom. The molecule has 2 aromatic rings. The molecule has 2 N–H and O–H groups in total. The van der Waals surface area contributed by atoms with Crippen LogP contribution in [-0.4, -0.2) is 29.4 Å². The highest BCUT2D eigenvalue weighted by atomic mass is 16.6. The standard InChI is InChI=1S/C19H21N3O5/c1-3-13(2)20-18(23)12-27-19(24)14-9-10-16(17(11-14)22(25)26)21-15-7-5-4-6-8-15/h4-11,13,21H,3,12H2,1-2H3,(H,20,23). The van der Waals surface area contributed by atoms with Crippen LogP contribution >= 0.6 is 0 Å². The number of amides is 1. The van der Waals surface area contributed by atoms with E-state index in [-0.39, 0.29) is 23.0 Å². The number of para-hydroxylation sites is 1. The van der Waals surface area contributed by atoms with Crippen LogP contribution in [0.1, 0.15) is 30.6 Å². The minimum Gasteiger partial charge on any atom is -0.452 e. The molecule has 0 aliphatic rings. The van der Waals surface area contributed by atoms with E-state index in [0.29, 0.717) is 5.69 Å². The van der Waals surface area contributed by atoms with Crippen molar-refractivity contribution in [1.29, 1.82) is 0 Å². The van der Waals surface area contributed by atoms with Crippen molar-refractivity contribution in [3.8, 4) is 0 Å². The summed E-state index contributed by atoms with van der Waals surface area (Å²) in [5.74, 6) is -1.22. The second-order valence-electron chi connectivity index (χ2n) is 5.93. The highest BCUT2D eigenvalue weighted by Crippen LogP contribution is 2.28. The van der Waals surface area contributed by atoms with Crippen LogP contribution in [0.25, 0.3) is 0 Å². The van der Waals surface area contributed by atoms with Crippen LogP contribution in [0.15, 0.2) is 48.5 Å². The van der Waals surface area contributed by atoms with Crippen molar-refractivity contribution < 1.29 is 19.2 Å². The zero-order valence-corrected chi connectivity index (χ0v) is 15.1. The Morgan fingerprint density at radius 2 is 1.89 bits per heavy atom. The predicted octanol–water partition coefficient (Wildman–Crippen LogP) is 3.41. The summed E-state index contributed by atoms with van der Waals surface area (Å²) in [4.78, 5) is 34.5. The van der Waals surface area contributed by atoms with Gasteiger partial charge in [0, 0.05) is 17.8 Å². The zero-order valence-electron chi connectivity index (χ0n) is 15.1. The Bertz CT molecular complexity index is 823. The molecule has 8 nitrogen and oxygen atoms in total. The first-order chi connectivity index (χ1) is 12.9. The van der Waals surface area contributed by atoms with Gasteiger partial charge in [0.2, 0.25) is 0 Å². The number of nitro groups is 1. The van der Waals surface area contributed by atoms with Crippen LogP contribution in [-0.2, 0) is 9.53 Å². The maximum Gasteiger partial charge on any atom is 0.338 e. The fourth-order valence-electron chi connectivity index (χ4n) is 2.23. The molecule has 0 radical (unpaired) electrons. The van der Waals surface area contributed by atoms with Crippen molar-refractivity contribution in [2.45, 2.75) is 26.3 Å². The van der Waals surface area contributed by atoms with Crippen molar-refractivity contribution in [2.24, 2.45) is 0 Å². The van der Waals surface area contributed by atoms with E-state index in [1.807, 2.05) is 19.9 Å². The number of nitro benzene ring substituents is 1. The average molecular weight is 371 g/mol. The summed E-state index contributed by atoms with van der Waals surface area (Å²) in [6.07, 6.45) is 0.752. The van der Waals surface area contributed by atoms with Crippen molar-refractivity contribution >= 4 is 28.9 Å². The fourth-order valence-corrected chi connectivity index (χ4v) is 2.23. The van der Waals surface area contributed by atoms with Gasteiger partial charge < -0.3 is 15.4 Å². The molecule has 2 aromatic carbocycles. The summed E-state index contributed by atoms with van der Waals surface area (Å²) in [7, 11) is 0. The molecule has 0 saturated carbocycles. The van der Waals surface area contributed by atoms with Gasteiger partial charge in [0.25, 0.3) is 11.6 Å². The van der Waals surface area contributed by atoms with Crippen LogP contribution in [0.3, 0.4) is 0 Å². The monoisotopic (exact) mass is 371 g/mol. The van der Waals surface area contributed by atoms with E-state index < -0.39 is 23.4 Å². The Balaban J connectivity index is 2.09. The Kier molecular flexibility index (Phi) is 6.87. The van der Waals surface area contributed by atoms with Gasteiger partial charge in [-0.3, -0.25) is 14.9 Å². The lowest BCUT2D eigenvalue weighted by atomic mass is 10.1. The van der Waals surface area contributed by atoms with Crippen LogP contribution in [0.5, 0.6) is 0 Å². The molecule has 8 heteroatoms. The number of hydrogen-bond donors (Lipinski definition) is 2. The van der Waals surface area contributed by atoms with Gasteiger partial charge in [-0.2, -0.15) is 0 Å². The number of rotatable bonds is 8. The molecule has 1 unspecified atom stereocenters. The number of hydrogen-bond acceptors (Lipinski definition) is 6. The van der Waals surface area contributed by atoms with Crippen LogP contribution < -0.4 is 10.6 Å². The molecule has 1 amide bonds. The number of nitrogens with one attached hydrogen (secondary N) is 2. The van der Waals surface area contributed by atoms with Gasteiger partial charge >= 0.3 is 5.97 Å². The quantitative estimate of drug-likeness (QED) is 0.418. The first-order valence-electron chi connectivity index (χ1n) is 8.47. The molecule has 0 aliphatic heterocycles. The number of nitrogens with zero attached hydrogens (tertiary/aromatic N) is 1. The highest BCUT2D eigenvalue weighted by molar-refractivity contribution is 5.93. The predicted molar refractivity (Wildman–Crippen MR) is 101 cm³/mol. The molecule has 2 rings (SSSR count). The number of ether oxygens (including phenoxy) is 1. The van der Waals surface area contributed by atoms with Gasteiger partial charge in [-0.25, -0.2) is 4.79 Å². The molecular formula is C19H21N3O5. The van der Waals surface area contributed by atoms with Crippen molar-refractivity contribution in [2.75, 3.05) is 11.9 Å². The lowest BCUT2D eigenvalue weighted by Crippen LogP contribution is -2.35. The van der Waals surface area contributed by atoms with Gasteiger partial charge in [0.15, 0.2) is 6.61 Å². The third-order valence-electron chi connectivity index (χ3n) is 3.84. The second kappa shape index (κ2) is 9.33. The largest absolute Gasteiger partial charge is 0.452 e. The van der Waals surface area contributed by atoms with E-state index >= 15 is 0 Å². The Labute approximate surface area is 156 Å². The molecule has 27 heavy (non-hydrogen) atoms. The van der Waals surface area contributed by atoms with Crippen LogP contribution in [0.2, 0.25) is 0 Å². The molecule has 142 valence electrons. The van der Waals surface area contributed by atoms with E-state index in [1.54, 1.807) is 24.3 Å². The molecular weight excluding hydrogens is 350 g/mol. The van der Waals surface area contributed by atoms with Gasteiger partial charge in [-0.15, -0.1) is 0 Å². The molecule has 0 heterocycles. The number of esters is 1. The molecule has 0 spiro atoms. The highest BCUT2D eigenvalue weighted by Gasteiger charge is 2.19. The van der Waals surface area contributed by atoms with Crippen LogP contribution in [0, 0.1) is 10.1 Å². The summed E-state index contributed by atoms with van der Waals surface area (Å²) in [5, 5.41) is 17.0. The molecule has 0 aromatic heterocycles.